The summed E-state index contributed by atoms with van der Waals surface area (Å²) >= 11 is 3.42. The fourth-order valence-corrected chi connectivity index (χ4v) is 5.27. The number of halogens is 1. The Kier molecular flexibility index (Phi) is 3.55. The molecule has 1 fully saturated rings. The first-order chi connectivity index (χ1) is 14.4. The predicted molar refractivity (Wildman–Crippen MR) is 119 cm³/mol. The van der Waals surface area contributed by atoms with Crippen molar-refractivity contribution < 1.29 is 14.3 Å². The Hall–Kier alpha value is -2.76. The second-order valence-electron chi connectivity index (χ2n) is 8.30. The number of Topliss-reactive ketones (excluding diaryl/α,β-unsaturated/α-hetero) is 2. The lowest BCUT2D eigenvalue weighted by molar-refractivity contribution is 0.0859. The Balaban J connectivity index is 1.66. The van der Waals surface area contributed by atoms with Crippen LogP contribution in [0.1, 0.15) is 46.2 Å². The van der Waals surface area contributed by atoms with Crippen LogP contribution in [0.2, 0.25) is 0 Å². The summed E-state index contributed by atoms with van der Waals surface area (Å²) in [6.45, 7) is 4.19. The van der Waals surface area contributed by atoms with Gasteiger partial charge in [0, 0.05) is 32.4 Å². The van der Waals surface area contributed by atoms with Crippen LogP contribution in [0, 0.1) is 0 Å². The Morgan fingerprint density at radius 3 is 2.43 bits per heavy atom. The number of benzene rings is 3. The molecule has 4 aromatic rings. The fourth-order valence-electron chi connectivity index (χ4n) is 5.01. The molecule has 2 heterocycles. The number of carbonyl (C=O) groups excluding carboxylic acids is 2. The van der Waals surface area contributed by atoms with Gasteiger partial charge >= 0.3 is 0 Å². The molecule has 2 atom stereocenters. The lowest BCUT2D eigenvalue weighted by Crippen LogP contribution is -2.35. The molecule has 1 aliphatic heterocycles. The summed E-state index contributed by atoms with van der Waals surface area (Å²) in [5, 5.41) is 2.08. The number of para-hydroxylation sites is 1. The number of nitrogens with zero attached hydrogens (tertiary/aromatic N) is 1. The van der Waals surface area contributed by atoms with E-state index in [1.165, 1.54) is 0 Å². The smallest absolute Gasteiger partial charge is 0.203 e. The van der Waals surface area contributed by atoms with Crippen LogP contribution in [0.5, 0.6) is 0 Å². The molecule has 1 saturated heterocycles. The van der Waals surface area contributed by atoms with E-state index in [2.05, 4.69) is 46.5 Å². The van der Waals surface area contributed by atoms with Crippen LogP contribution in [0.25, 0.3) is 21.8 Å². The zero-order chi connectivity index (χ0) is 20.8. The molecule has 5 heteroatoms. The van der Waals surface area contributed by atoms with E-state index in [-0.39, 0.29) is 17.6 Å². The maximum absolute atomic E-state index is 13.7. The summed E-state index contributed by atoms with van der Waals surface area (Å²) in [4.78, 5) is 27.3. The van der Waals surface area contributed by atoms with Gasteiger partial charge in [-0.25, -0.2) is 0 Å². The van der Waals surface area contributed by atoms with Gasteiger partial charge in [0.25, 0.3) is 0 Å². The molecule has 3 aromatic carbocycles. The number of ketones is 2. The monoisotopic (exact) mass is 459 g/mol. The van der Waals surface area contributed by atoms with E-state index in [1.807, 2.05) is 42.5 Å². The van der Waals surface area contributed by atoms with Crippen molar-refractivity contribution in [1.82, 2.24) is 4.57 Å². The third-order valence-corrected chi connectivity index (χ3v) is 6.87. The highest BCUT2D eigenvalue weighted by Gasteiger charge is 2.70. The van der Waals surface area contributed by atoms with E-state index >= 15 is 0 Å². The van der Waals surface area contributed by atoms with Gasteiger partial charge in [-0.3, -0.25) is 9.59 Å². The normalized spacial score (nSPS) is 22.6. The van der Waals surface area contributed by atoms with Crippen LogP contribution < -0.4 is 0 Å². The van der Waals surface area contributed by atoms with Gasteiger partial charge in [0.15, 0.2) is 17.5 Å². The number of rotatable bonds is 2. The summed E-state index contributed by atoms with van der Waals surface area (Å²) in [5.41, 5.74) is 2.39. The number of ether oxygens (including phenoxy) is 1. The average molecular weight is 460 g/mol. The summed E-state index contributed by atoms with van der Waals surface area (Å²) in [6.07, 6.45) is -0.761. The number of fused-ring (bicyclic) bond motifs is 6. The van der Waals surface area contributed by atoms with E-state index in [4.69, 9.17) is 4.74 Å². The van der Waals surface area contributed by atoms with Gasteiger partial charge in [-0.15, -0.1) is 0 Å². The van der Waals surface area contributed by atoms with Crippen LogP contribution in [0.3, 0.4) is 0 Å². The zero-order valence-electron chi connectivity index (χ0n) is 16.5. The van der Waals surface area contributed by atoms with Crippen LogP contribution in [0.4, 0.5) is 0 Å². The van der Waals surface area contributed by atoms with E-state index in [9.17, 15) is 9.59 Å². The Labute approximate surface area is 181 Å². The zero-order valence-corrected chi connectivity index (χ0v) is 18.1. The lowest BCUT2D eigenvalue weighted by atomic mass is 9.77. The first-order valence-corrected chi connectivity index (χ1v) is 10.8. The van der Waals surface area contributed by atoms with Crippen molar-refractivity contribution in [1.29, 1.82) is 0 Å². The Morgan fingerprint density at radius 1 is 0.967 bits per heavy atom. The van der Waals surface area contributed by atoms with Crippen molar-refractivity contribution >= 4 is 49.3 Å². The van der Waals surface area contributed by atoms with Gasteiger partial charge < -0.3 is 9.30 Å². The molecular formula is C25H18BrNO3. The molecule has 0 spiro atoms. The van der Waals surface area contributed by atoms with E-state index in [1.54, 1.807) is 6.07 Å². The fraction of sp³-hybridized carbons (Fsp3) is 0.200. The van der Waals surface area contributed by atoms with Crippen LogP contribution in [-0.2, 0) is 10.3 Å². The number of hydrogen-bond donors (Lipinski definition) is 0. The molecular weight excluding hydrogens is 442 g/mol. The quantitative estimate of drug-likeness (QED) is 0.355. The molecule has 2 unspecified atom stereocenters. The van der Waals surface area contributed by atoms with E-state index < -0.39 is 11.7 Å². The minimum absolute atomic E-state index is 0.108. The molecule has 1 aromatic heterocycles. The molecule has 0 N–H and O–H groups in total. The lowest BCUT2D eigenvalue weighted by Gasteiger charge is -2.21. The molecule has 2 aliphatic rings. The molecule has 6 rings (SSSR count). The standard InChI is InChI=1S/C25H18BrNO3/c1-13(2)27-19-6-4-3-5-16(19)17-11-12-18-20(21(17)27)22(28)24-25(30-24,23(18)29)14-7-9-15(26)10-8-14/h3-13,24H,1-2H3. The molecule has 0 amide bonds. The topological polar surface area (TPSA) is 51.6 Å². The number of aromatic nitrogens is 1. The third kappa shape index (κ3) is 2.09. The highest BCUT2D eigenvalue weighted by Crippen LogP contribution is 2.55. The minimum atomic E-state index is -1.19. The molecule has 30 heavy (non-hydrogen) atoms. The van der Waals surface area contributed by atoms with E-state index in [0.29, 0.717) is 11.1 Å². The maximum Gasteiger partial charge on any atom is 0.203 e. The predicted octanol–water partition coefficient (Wildman–Crippen LogP) is 5.81. The maximum atomic E-state index is 13.7. The van der Waals surface area contributed by atoms with Crippen LogP contribution in [0.15, 0.2) is 65.1 Å². The van der Waals surface area contributed by atoms with Crippen molar-refractivity contribution in [2.75, 3.05) is 0 Å². The highest BCUT2D eigenvalue weighted by molar-refractivity contribution is 9.10. The first-order valence-electron chi connectivity index (χ1n) is 10.0. The van der Waals surface area contributed by atoms with Gasteiger partial charge in [0.1, 0.15) is 0 Å². The SMILES string of the molecule is CC(C)n1c2ccccc2c2ccc3c(c21)C(=O)C1OC1(c1ccc(Br)cc1)C3=O. The molecule has 4 nitrogen and oxygen atoms in total. The first kappa shape index (κ1) is 18.0. The van der Waals surface area contributed by atoms with Gasteiger partial charge in [0.05, 0.1) is 11.1 Å². The largest absolute Gasteiger partial charge is 0.343 e. The van der Waals surface area contributed by atoms with Crippen molar-refractivity contribution in [3.05, 3.63) is 81.8 Å². The highest BCUT2D eigenvalue weighted by atomic mass is 79.9. The number of carbonyl (C=O) groups is 2. The van der Waals surface area contributed by atoms with Crippen molar-refractivity contribution in [3.8, 4) is 0 Å². The summed E-state index contributed by atoms with van der Waals surface area (Å²) in [5.74, 6) is -0.241. The molecule has 0 radical (unpaired) electrons. The van der Waals surface area contributed by atoms with E-state index in [0.717, 1.165) is 31.8 Å². The second kappa shape index (κ2) is 5.90. The number of epoxide rings is 1. The van der Waals surface area contributed by atoms with Gasteiger partial charge in [-0.2, -0.15) is 0 Å². The number of hydrogen-bond acceptors (Lipinski definition) is 3. The van der Waals surface area contributed by atoms with Crippen LogP contribution >= 0.6 is 15.9 Å². The minimum Gasteiger partial charge on any atom is -0.343 e. The van der Waals surface area contributed by atoms with Crippen molar-refractivity contribution in [2.24, 2.45) is 0 Å². The summed E-state index contributed by atoms with van der Waals surface area (Å²) in [7, 11) is 0. The average Bonchev–Trinajstić information content (AvgIpc) is 3.42. The summed E-state index contributed by atoms with van der Waals surface area (Å²) in [6, 6.07) is 19.5. The van der Waals surface area contributed by atoms with Crippen molar-refractivity contribution in [2.45, 2.75) is 31.6 Å². The van der Waals surface area contributed by atoms with Gasteiger partial charge in [-0.05, 0) is 43.7 Å². The van der Waals surface area contributed by atoms with Crippen LogP contribution in [-0.4, -0.2) is 22.2 Å². The third-order valence-electron chi connectivity index (χ3n) is 6.34. The Morgan fingerprint density at radius 2 is 1.70 bits per heavy atom. The van der Waals surface area contributed by atoms with Crippen molar-refractivity contribution in [3.63, 3.8) is 0 Å². The molecule has 0 saturated carbocycles. The van der Waals surface area contributed by atoms with Gasteiger partial charge in [-0.1, -0.05) is 52.3 Å². The Bertz CT molecular complexity index is 1400. The molecule has 1 aliphatic carbocycles. The molecule has 0 bridgehead atoms. The molecule has 148 valence electrons. The van der Waals surface area contributed by atoms with Gasteiger partial charge in [0.2, 0.25) is 5.78 Å². The second-order valence-corrected chi connectivity index (χ2v) is 9.21. The summed E-state index contributed by atoms with van der Waals surface area (Å²) < 4.78 is 8.98.